The molecular formula is C29H38N6O2. The number of hydrogen-bond acceptors (Lipinski definition) is 5. The van der Waals surface area contributed by atoms with E-state index in [9.17, 15) is 9.90 Å². The van der Waals surface area contributed by atoms with Gasteiger partial charge in [-0.15, -0.1) is 0 Å². The van der Waals surface area contributed by atoms with Gasteiger partial charge in [0.05, 0.1) is 23.7 Å². The summed E-state index contributed by atoms with van der Waals surface area (Å²) in [5, 5.41) is 15.7. The fraction of sp³-hybridized carbons (Fsp3) is 0.655. The number of aromatic amines is 1. The molecule has 5 saturated carbocycles. The number of pyridine rings is 1. The Morgan fingerprint density at radius 3 is 2.76 bits per heavy atom. The SMILES string of the molecule is CN=CCC1CCC(n2c(CC(=O)NC34CC5CC(CC(O)(C5)C3)C4)nc3cnc4[nH]ccc4c32)CC1. The molecule has 2 unspecified atom stereocenters. The van der Waals surface area contributed by atoms with Crippen LogP contribution in [0.5, 0.6) is 0 Å². The molecule has 1 amide bonds. The molecular weight excluding hydrogens is 464 g/mol. The molecule has 3 heterocycles. The second-order valence-corrected chi connectivity index (χ2v) is 12.7. The predicted molar refractivity (Wildman–Crippen MR) is 144 cm³/mol. The van der Waals surface area contributed by atoms with Gasteiger partial charge in [0.1, 0.15) is 17.0 Å². The van der Waals surface area contributed by atoms with Crippen LogP contribution >= 0.6 is 0 Å². The lowest BCUT2D eigenvalue weighted by Gasteiger charge is -2.60. The van der Waals surface area contributed by atoms with Gasteiger partial charge in [-0.2, -0.15) is 0 Å². The number of rotatable bonds is 6. The number of fused-ring (bicyclic) bond motifs is 3. The summed E-state index contributed by atoms with van der Waals surface area (Å²) in [6, 6.07) is 2.40. The third-order valence-corrected chi connectivity index (χ3v) is 9.86. The van der Waals surface area contributed by atoms with Crippen molar-refractivity contribution in [3.05, 3.63) is 24.3 Å². The standard InChI is InChI=1S/C29H38N6O2/c1-30-8-6-18-2-4-21(5-3-18)35-24(33-23-16-32-27-22(26(23)35)7-9-31-27)11-25(36)34-28-12-19-10-20(13-28)15-29(37,14-19)17-28/h7-9,16,18-21,37H,2-6,10-15,17H2,1H3,(H,31,32)(H,34,36). The van der Waals surface area contributed by atoms with Gasteiger partial charge in [0.2, 0.25) is 5.91 Å². The summed E-state index contributed by atoms with van der Waals surface area (Å²) in [5.41, 5.74) is 1.98. The number of carbonyl (C=O) groups is 1. The van der Waals surface area contributed by atoms with Crippen molar-refractivity contribution in [1.29, 1.82) is 0 Å². The van der Waals surface area contributed by atoms with E-state index in [4.69, 9.17) is 4.98 Å². The van der Waals surface area contributed by atoms with Crippen LogP contribution in [0.25, 0.3) is 22.1 Å². The van der Waals surface area contributed by atoms with Crippen LogP contribution in [0, 0.1) is 17.8 Å². The smallest absolute Gasteiger partial charge is 0.228 e. The monoisotopic (exact) mass is 502 g/mol. The average Bonchev–Trinajstić information content (AvgIpc) is 3.45. The van der Waals surface area contributed by atoms with Crippen LogP contribution in [0.3, 0.4) is 0 Å². The summed E-state index contributed by atoms with van der Waals surface area (Å²) < 4.78 is 2.37. The normalized spacial score (nSPS) is 35.2. The van der Waals surface area contributed by atoms with Gasteiger partial charge >= 0.3 is 0 Å². The van der Waals surface area contributed by atoms with Crippen LogP contribution in [0.15, 0.2) is 23.5 Å². The van der Waals surface area contributed by atoms with E-state index in [0.717, 1.165) is 85.7 Å². The van der Waals surface area contributed by atoms with Gasteiger partial charge < -0.3 is 25.0 Å². The first kappa shape index (κ1) is 23.4. The molecule has 0 spiro atoms. The Morgan fingerprint density at radius 1 is 1.24 bits per heavy atom. The maximum absolute atomic E-state index is 13.6. The van der Waals surface area contributed by atoms with Crippen molar-refractivity contribution in [2.24, 2.45) is 22.7 Å². The lowest BCUT2D eigenvalue weighted by Crippen LogP contribution is -2.65. The molecule has 0 saturated heterocycles. The van der Waals surface area contributed by atoms with Gasteiger partial charge in [0.15, 0.2) is 0 Å². The Morgan fingerprint density at radius 2 is 2.03 bits per heavy atom. The molecule has 8 nitrogen and oxygen atoms in total. The minimum Gasteiger partial charge on any atom is -0.390 e. The largest absolute Gasteiger partial charge is 0.390 e. The maximum atomic E-state index is 13.6. The van der Waals surface area contributed by atoms with Crippen molar-refractivity contribution in [2.75, 3.05) is 7.05 Å². The molecule has 4 bridgehead atoms. The Hall–Kier alpha value is -2.74. The molecule has 3 N–H and O–H groups in total. The third kappa shape index (κ3) is 4.08. The van der Waals surface area contributed by atoms with Crippen molar-refractivity contribution >= 4 is 34.2 Å². The van der Waals surface area contributed by atoms with Gasteiger partial charge in [-0.25, -0.2) is 9.97 Å². The van der Waals surface area contributed by atoms with Crippen LogP contribution in [-0.4, -0.2) is 54.9 Å². The zero-order valence-corrected chi connectivity index (χ0v) is 21.7. The molecule has 5 aliphatic carbocycles. The Balaban J connectivity index is 1.18. The average molecular weight is 503 g/mol. The minimum atomic E-state index is -0.586. The summed E-state index contributed by atoms with van der Waals surface area (Å²) in [6.45, 7) is 0. The molecule has 196 valence electrons. The molecule has 8 heteroatoms. The number of H-pyrrole nitrogens is 1. The maximum Gasteiger partial charge on any atom is 0.228 e. The number of aromatic nitrogens is 4. The van der Waals surface area contributed by atoms with Crippen LogP contribution in [0.4, 0.5) is 0 Å². The van der Waals surface area contributed by atoms with Gasteiger partial charge in [-0.05, 0) is 101 Å². The van der Waals surface area contributed by atoms with E-state index in [1.807, 2.05) is 25.7 Å². The molecule has 3 aromatic rings. The van der Waals surface area contributed by atoms with E-state index in [1.165, 1.54) is 6.42 Å². The minimum absolute atomic E-state index is 0.0354. The first-order valence-electron chi connectivity index (χ1n) is 14.2. The van der Waals surface area contributed by atoms with Gasteiger partial charge in [0, 0.05) is 30.2 Å². The highest BCUT2D eigenvalue weighted by Gasteiger charge is 2.57. The summed E-state index contributed by atoms with van der Waals surface area (Å²) in [7, 11) is 1.85. The molecule has 2 atom stereocenters. The predicted octanol–water partition coefficient (Wildman–Crippen LogP) is 4.48. The van der Waals surface area contributed by atoms with Crippen molar-refractivity contribution in [3.8, 4) is 0 Å². The molecule has 0 aliphatic heterocycles. The van der Waals surface area contributed by atoms with Gasteiger partial charge in [-0.3, -0.25) is 4.79 Å². The number of aliphatic imine (C=N–C) groups is 1. The first-order chi connectivity index (χ1) is 17.9. The summed E-state index contributed by atoms with van der Waals surface area (Å²) in [5.74, 6) is 2.63. The quantitative estimate of drug-likeness (QED) is 0.432. The van der Waals surface area contributed by atoms with E-state index in [1.54, 1.807) is 0 Å². The summed E-state index contributed by atoms with van der Waals surface area (Å²) in [4.78, 5) is 30.6. The fourth-order valence-electron chi connectivity index (χ4n) is 8.90. The van der Waals surface area contributed by atoms with Crippen LogP contribution in [-0.2, 0) is 11.2 Å². The van der Waals surface area contributed by atoms with Gasteiger partial charge in [0.25, 0.3) is 0 Å². The highest BCUT2D eigenvalue weighted by atomic mass is 16.3. The fourth-order valence-corrected chi connectivity index (χ4v) is 8.90. The van der Waals surface area contributed by atoms with E-state index in [-0.39, 0.29) is 17.9 Å². The highest BCUT2D eigenvalue weighted by molar-refractivity contribution is 6.01. The van der Waals surface area contributed by atoms with Crippen molar-refractivity contribution in [1.82, 2.24) is 24.8 Å². The zero-order chi connectivity index (χ0) is 25.2. The van der Waals surface area contributed by atoms with Crippen LogP contribution < -0.4 is 5.32 Å². The van der Waals surface area contributed by atoms with Crippen molar-refractivity contribution < 1.29 is 9.90 Å². The third-order valence-electron chi connectivity index (χ3n) is 9.86. The number of nitrogens with zero attached hydrogens (tertiary/aromatic N) is 4. The van der Waals surface area contributed by atoms with Crippen molar-refractivity contribution in [2.45, 2.75) is 94.2 Å². The summed E-state index contributed by atoms with van der Waals surface area (Å²) in [6.07, 6.45) is 17.3. The molecule has 5 fully saturated rings. The number of imidazole rings is 1. The Bertz CT molecular complexity index is 1350. The molecule has 3 aromatic heterocycles. The zero-order valence-electron chi connectivity index (χ0n) is 21.7. The van der Waals surface area contributed by atoms with E-state index in [0.29, 0.717) is 30.2 Å². The van der Waals surface area contributed by atoms with Crippen LogP contribution in [0.1, 0.15) is 82.5 Å². The molecule has 37 heavy (non-hydrogen) atoms. The van der Waals surface area contributed by atoms with E-state index < -0.39 is 5.60 Å². The topological polar surface area (TPSA) is 108 Å². The van der Waals surface area contributed by atoms with Crippen LogP contribution in [0.2, 0.25) is 0 Å². The number of carbonyl (C=O) groups excluding carboxylic acids is 1. The first-order valence-corrected chi connectivity index (χ1v) is 14.2. The Kier molecular flexibility index (Phi) is 5.47. The number of aliphatic hydroxyl groups is 1. The lowest BCUT2D eigenvalue weighted by atomic mass is 9.51. The molecule has 5 aliphatic rings. The highest BCUT2D eigenvalue weighted by Crippen LogP contribution is 2.57. The summed E-state index contributed by atoms with van der Waals surface area (Å²) >= 11 is 0. The van der Waals surface area contributed by atoms with E-state index >= 15 is 0 Å². The number of nitrogens with one attached hydrogen (secondary N) is 2. The van der Waals surface area contributed by atoms with E-state index in [2.05, 4.69) is 30.9 Å². The number of hydrogen-bond donors (Lipinski definition) is 3. The van der Waals surface area contributed by atoms with Crippen molar-refractivity contribution in [3.63, 3.8) is 0 Å². The molecule has 8 rings (SSSR count). The van der Waals surface area contributed by atoms with Gasteiger partial charge in [-0.1, -0.05) is 0 Å². The molecule has 0 aromatic carbocycles. The molecule has 0 radical (unpaired) electrons. The number of amides is 1. The second-order valence-electron chi connectivity index (χ2n) is 12.7. The lowest BCUT2D eigenvalue weighted by molar-refractivity contribution is -0.150. The Labute approximate surface area is 217 Å². The second kappa shape index (κ2) is 8.65.